The van der Waals surface area contributed by atoms with Crippen LogP contribution >= 0.6 is 0 Å². The minimum absolute atomic E-state index is 0.311. The van der Waals surface area contributed by atoms with Gasteiger partial charge < -0.3 is 5.32 Å². The van der Waals surface area contributed by atoms with Gasteiger partial charge in [0.15, 0.2) is 0 Å². The highest BCUT2D eigenvalue weighted by Gasteiger charge is 2.33. The first-order chi connectivity index (χ1) is 10.0. The fourth-order valence-electron chi connectivity index (χ4n) is 2.99. The molecule has 0 amide bonds. The molecule has 0 saturated carbocycles. The SMILES string of the molecule is C/C=C/CN1CC(C(C)(C)C)NCC1Cc1ccccc1. The average molecular weight is 286 g/mol. The van der Waals surface area contributed by atoms with Gasteiger partial charge in [-0.05, 0) is 24.3 Å². The number of piperazine rings is 1. The van der Waals surface area contributed by atoms with E-state index in [0.29, 0.717) is 17.5 Å². The van der Waals surface area contributed by atoms with Gasteiger partial charge in [-0.15, -0.1) is 0 Å². The Kier molecular flexibility index (Phi) is 5.60. The number of hydrogen-bond acceptors (Lipinski definition) is 2. The normalized spacial score (nSPS) is 24.6. The van der Waals surface area contributed by atoms with Gasteiger partial charge >= 0.3 is 0 Å². The molecule has 1 aromatic carbocycles. The van der Waals surface area contributed by atoms with Gasteiger partial charge in [0.2, 0.25) is 0 Å². The molecule has 0 aromatic heterocycles. The van der Waals surface area contributed by atoms with Gasteiger partial charge in [0, 0.05) is 31.7 Å². The summed E-state index contributed by atoms with van der Waals surface area (Å²) in [5.74, 6) is 0. The second-order valence-corrected chi connectivity index (χ2v) is 7.19. The predicted octanol–water partition coefficient (Wildman–Crippen LogP) is 3.49. The van der Waals surface area contributed by atoms with E-state index in [1.807, 2.05) is 0 Å². The lowest BCUT2D eigenvalue weighted by Crippen LogP contribution is -2.60. The molecule has 2 nitrogen and oxygen atoms in total. The van der Waals surface area contributed by atoms with Crippen molar-refractivity contribution in [3.05, 3.63) is 48.0 Å². The molecule has 0 aliphatic carbocycles. The van der Waals surface area contributed by atoms with Gasteiger partial charge in [-0.2, -0.15) is 0 Å². The van der Waals surface area contributed by atoms with Crippen LogP contribution in [-0.2, 0) is 6.42 Å². The molecule has 0 radical (unpaired) electrons. The van der Waals surface area contributed by atoms with E-state index in [4.69, 9.17) is 0 Å². The predicted molar refractivity (Wildman–Crippen MR) is 91.6 cm³/mol. The van der Waals surface area contributed by atoms with Gasteiger partial charge in [0.1, 0.15) is 0 Å². The third-order valence-corrected chi connectivity index (χ3v) is 4.47. The van der Waals surface area contributed by atoms with E-state index in [0.717, 1.165) is 26.1 Å². The lowest BCUT2D eigenvalue weighted by Gasteiger charge is -2.45. The Bertz CT molecular complexity index is 444. The molecule has 1 aliphatic rings. The first-order valence-electron chi connectivity index (χ1n) is 8.13. The van der Waals surface area contributed by atoms with Gasteiger partial charge in [0.25, 0.3) is 0 Å². The number of rotatable bonds is 4. The Labute approximate surface area is 130 Å². The third-order valence-electron chi connectivity index (χ3n) is 4.47. The van der Waals surface area contributed by atoms with Crippen LogP contribution in [0.1, 0.15) is 33.3 Å². The van der Waals surface area contributed by atoms with Gasteiger partial charge in [-0.25, -0.2) is 0 Å². The fourth-order valence-corrected chi connectivity index (χ4v) is 2.99. The Morgan fingerprint density at radius 2 is 1.95 bits per heavy atom. The van der Waals surface area contributed by atoms with E-state index in [9.17, 15) is 0 Å². The van der Waals surface area contributed by atoms with Crippen LogP contribution in [0, 0.1) is 5.41 Å². The van der Waals surface area contributed by atoms with Crippen molar-refractivity contribution in [1.82, 2.24) is 10.2 Å². The summed E-state index contributed by atoms with van der Waals surface area (Å²) in [6.45, 7) is 12.4. The number of allylic oxidation sites excluding steroid dienone is 1. The zero-order valence-corrected chi connectivity index (χ0v) is 14.0. The third kappa shape index (κ3) is 4.69. The van der Waals surface area contributed by atoms with Crippen LogP contribution in [0.5, 0.6) is 0 Å². The zero-order valence-electron chi connectivity index (χ0n) is 14.0. The zero-order chi connectivity index (χ0) is 15.3. The number of nitrogens with one attached hydrogen (secondary N) is 1. The Hall–Kier alpha value is -1.12. The number of benzene rings is 1. The highest BCUT2D eigenvalue weighted by Crippen LogP contribution is 2.24. The Morgan fingerprint density at radius 3 is 2.57 bits per heavy atom. The second-order valence-electron chi connectivity index (χ2n) is 7.19. The molecule has 116 valence electrons. The van der Waals surface area contributed by atoms with Crippen LogP contribution < -0.4 is 5.32 Å². The summed E-state index contributed by atoms with van der Waals surface area (Å²) < 4.78 is 0. The first kappa shape index (κ1) is 16.3. The Balaban J connectivity index is 2.05. The van der Waals surface area contributed by atoms with E-state index in [1.165, 1.54) is 5.56 Å². The van der Waals surface area contributed by atoms with E-state index in [2.05, 4.69) is 80.4 Å². The summed E-state index contributed by atoms with van der Waals surface area (Å²) in [6.07, 6.45) is 5.57. The maximum absolute atomic E-state index is 3.77. The largest absolute Gasteiger partial charge is 0.311 e. The van der Waals surface area contributed by atoms with Crippen molar-refractivity contribution in [3.8, 4) is 0 Å². The molecular formula is C19H30N2. The highest BCUT2D eigenvalue weighted by atomic mass is 15.2. The molecule has 1 saturated heterocycles. The molecular weight excluding hydrogens is 256 g/mol. The van der Waals surface area contributed by atoms with Crippen LogP contribution in [0.25, 0.3) is 0 Å². The minimum atomic E-state index is 0.311. The molecule has 21 heavy (non-hydrogen) atoms. The van der Waals surface area contributed by atoms with Crippen molar-refractivity contribution < 1.29 is 0 Å². The van der Waals surface area contributed by atoms with Crippen molar-refractivity contribution in [2.24, 2.45) is 5.41 Å². The summed E-state index contributed by atoms with van der Waals surface area (Å²) >= 11 is 0. The summed E-state index contributed by atoms with van der Waals surface area (Å²) in [7, 11) is 0. The van der Waals surface area contributed by atoms with E-state index in [1.54, 1.807) is 0 Å². The molecule has 2 heteroatoms. The maximum atomic E-state index is 3.77. The van der Waals surface area contributed by atoms with Crippen molar-refractivity contribution in [2.45, 2.75) is 46.2 Å². The maximum Gasteiger partial charge on any atom is 0.0265 e. The van der Waals surface area contributed by atoms with Crippen LogP contribution in [0.2, 0.25) is 0 Å². The van der Waals surface area contributed by atoms with Gasteiger partial charge in [-0.1, -0.05) is 63.3 Å². The summed E-state index contributed by atoms with van der Waals surface area (Å²) in [5.41, 5.74) is 1.75. The lowest BCUT2D eigenvalue weighted by atomic mass is 9.84. The average Bonchev–Trinajstić information content (AvgIpc) is 2.46. The molecule has 1 aliphatic heterocycles. The molecule has 0 bridgehead atoms. The van der Waals surface area contributed by atoms with Crippen molar-refractivity contribution in [2.75, 3.05) is 19.6 Å². The molecule has 1 aromatic rings. The number of hydrogen-bond donors (Lipinski definition) is 1. The quantitative estimate of drug-likeness (QED) is 0.852. The van der Waals surface area contributed by atoms with Crippen LogP contribution in [0.15, 0.2) is 42.5 Å². The molecule has 2 atom stereocenters. The van der Waals surface area contributed by atoms with Crippen molar-refractivity contribution >= 4 is 0 Å². The lowest BCUT2D eigenvalue weighted by molar-refractivity contribution is 0.0957. The fraction of sp³-hybridized carbons (Fsp3) is 0.579. The smallest absolute Gasteiger partial charge is 0.0265 e. The molecule has 0 spiro atoms. The van der Waals surface area contributed by atoms with Gasteiger partial charge in [-0.3, -0.25) is 4.90 Å². The molecule has 1 N–H and O–H groups in total. The second kappa shape index (κ2) is 7.24. The Morgan fingerprint density at radius 1 is 1.24 bits per heavy atom. The summed E-state index contributed by atoms with van der Waals surface area (Å²) in [4.78, 5) is 2.64. The van der Waals surface area contributed by atoms with Crippen LogP contribution in [0.4, 0.5) is 0 Å². The molecule has 1 fully saturated rings. The first-order valence-corrected chi connectivity index (χ1v) is 8.13. The topological polar surface area (TPSA) is 15.3 Å². The van der Waals surface area contributed by atoms with Crippen molar-refractivity contribution in [3.63, 3.8) is 0 Å². The van der Waals surface area contributed by atoms with E-state index < -0.39 is 0 Å². The van der Waals surface area contributed by atoms with E-state index >= 15 is 0 Å². The van der Waals surface area contributed by atoms with Crippen molar-refractivity contribution in [1.29, 1.82) is 0 Å². The van der Waals surface area contributed by atoms with Crippen LogP contribution in [0.3, 0.4) is 0 Å². The molecule has 2 rings (SSSR count). The summed E-state index contributed by atoms with van der Waals surface area (Å²) in [6, 6.07) is 12.0. The molecule has 2 unspecified atom stereocenters. The minimum Gasteiger partial charge on any atom is -0.311 e. The monoisotopic (exact) mass is 286 g/mol. The van der Waals surface area contributed by atoms with E-state index in [-0.39, 0.29) is 0 Å². The van der Waals surface area contributed by atoms with Crippen LogP contribution in [-0.4, -0.2) is 36.6 Å². The standard InChI is InChI=1S/C19H30N2/c1-5-6-12-21-15-18(19(2,3)4)20-14-17(21)13-16-10-8-7-9-11-16/h5-11,17-18,20H,12-15H2,1-4H3/b6-5+. The van der Waals surface area contributed by atoms with Gasteiger partial charge in [0.05, 0.1) is 0 Å². The number of nitrogens with zero attached hydrogens (tertiary/aromatic N) is 1. The summed E-state index contributed by atoms with van der Waals surface area (Å²) in [5, 5.41) is 3.77. The molecule has 1 heterocycles. The highest BCUT2D eigenvalue weighted by molar-refractivity contribution is 5.16.